The lowest BCUT2D eigenvalue weighted by Crippen LogP contribution is -1.94. The Labute approximate surface area is 82.4 Å². The molecule has 0 fully saturated rings. The quantitative estimate of drug-likeness (QED) is 0.735. The molecule has 14 heavy (non-hydrogen) atoms. The highest BCUT2D eigenvalue weighted by Crippen LogP contribution is 2.18. The van der Waals surface area contributed by atoms with Crippen molar-refractivity contribution in [1.29, 1.82) is 0 Å². The topological polar surface area (TPSA) is 56.7 Å². The van der Waals surface area contributed by atoms with Crippen molar-refractivity contribution in [3.05, 3.63) is 30.1 Å². The van der Waals surface area contributed by atoms with Gasteiger partial charge in [0.2, 0.25) is 0 Å². The van der Waals surface area contributed by atoms with Gasteiger partial charge >= 0.3 is 0 Å². The zero-order valence-electron chi connectivity index (χ0n) is 8.23. The molecule has 0 aliphatic rings. The predicted octanol–water partition coefficient (Wildman–Crippen LogP) is 1.37. The average molecular weight is 188 g/mol. The number of anilines is 1. The highest BCUT2D eigenvalue weighted by molar-refractivity contribution is 5.60. The van der Waals surface area contributed by atoms with Crippen LogP contribution in [-0.2, 0) is 7.05 Å². The van der Waals surface area contributed by atoms with Crippen molar-refractivity contribution in [2.24, 2.45) is 7.05 Å². The highest BCUT2D eigenvalue weighted by atomic mass is 15.2. The Bertz CT molecular complexity index is 459. The van der Waals surface area contributed by atoms with Crippen molar-refractivity contribution in [2.45, 2.75) is 6.92 Å². The number of nitrogens with zero attached hydrogens (tertiary/aromatic N) is 3. The maximum atomic E-state index is 5.73. The lowest BCUT2D eigenvalue weighted by Gasteiger charge is -2.01. The van der Waals surface area contributed by atoms with Gasteiger partial charge in [0.25, 0.3) is 0 Å². The second kappa shape index (κ2) is 3.14. The van der Waals surface area contributed by atoms with E-state index in [9.17, 15) is 0 Å². The Balaban J connectivity index is 2.47. The molecule has 4 nitrogen and oxygen atoms in total. The van der Waals surface area contributed by atoms with Crippen molar-refractivity contribution in [1.82, 2.24) is 14.8 Å². The van der Waals surface area contributed by atoms with Gasteiger partial charge in [-0.3, -0.25) is 4.68 Å². The minimum atomic E-state index is 0.575. The lowest BCUT2D eigenvalue weighted by molar-refractivity contribution is 0.768. The molecule has 0 spiro atoms. The Hall–Kier alpha value is -1.84. The summed E-state index contributed by atoms with van der Waals surface area (Å²) in [4.78, 5) is 4.28. The SMILES string of the molecule is Cc1ccc(-c2cnn(C)c2)nc1N. The molecule has 0 atom stereocenters. The predicted molar refractivity (Wildman–Crippen MR) is 55.6 cm³/mol. The number of aryl methyl sites for hydroxylation is 2. The van der Waals surface area contributed by atoms with E-state index in [1.807, 2.05) is 32.3 Å². The normalized spacial score (nSPS) is 10.4. The van der Waals surface area contributed by atoms with E-state index in [2.05, 4.69) is 10.1 Å². The maximum Gasteiger partial charge on any atom is 0.126 e. The fourth-order valence-corrected chi connectivity index (χ4v) is 1.26. The fraction of sp³-hybridized carbons (Fsp3) is 0.200. The number of pyridine rings is 1. The van der Waals surface area contributed by atoms with E-state index < -0.39 is 0 Å². The zero-order chi connectivity index (χ0) is 10.1. The van der Waals surface area contributed by atoms with Crippen LogP contribution >= 0.6 is 0 Å². The van der Waals surface area contributed by atoms with E-state index in [1.165, 1.54) is 0 Å². The van der Waals surface area contributed by atoms with Crippen molar-refractivity contribution in [2.75, 3.05) is 5.73 Å². The van der Waals surface area contributed by atoms with Crippen LogP contribution in [0.25, 0.3) is 11.3 Å². The van der Waals surface area contributed by atoms with Gasteiger partial charge in [-0.2, -0.15) is 5.10 Å². The van der Waals surface area contributed by atoms with E-state index in [1.54, 1.807) is 10.9 Å². The van der Waals surface area contributed by atoms with E-state index in [4.69, 9.17) is 5.73 Å². The number of nitrogen functional groups attached to an aromatic ring is 1. The molecule has 4 heteroatoms. The molecule has 2 aromatic heterocycles. The smallest absolute Gasteiger partial charge is 0.126 e. The van der Waals surface area contributed by atoms with Gasteiger partial charge in [0.1, 0.15) is 5.82 Å². The molecule has 0 aliphatic heterocycles. The second-order valence-electron chi connectivity index (χ2n) is 3.30. The summed E-state index contributed by atoms with van der Waals surface area (Å²) in [5, 5.41) is 4.08. The average Bonchev–Trinajstić information content (AvgIpc) is 2.57. The summed E-state index contributed by atoms with van der Waals surface area (Å²) in [6.07, 6.45) is 3.69. The van der Waals surface area contributed by atoms with Crippen molar-refractivity contribution in [3.8, 4) is 11.3 Å². The van der Waals surface area contributed by atoms with Crippen LogP contribution in [0, 0.1) is 6.92 Å². The Morgan fingerprint density at radius 1 is 1.36 bits per heavy atom. The molecule has 0 saturated heterocycles. The van der Waals surface area contributed by atoms with Gasteiger partial charge < -0.3 is 5.73 Å². The molecule has 0 aromatic carbocycles. The molecule has 0 saturated carbocycles. The molecule has 0 aliphatic carbocycles. The van der Waals surface area contributed by atoms with Crippen LogP contribution in [0.2, 0.25) is 0 Å². The monoisotopic (exact) mass is 188 g/mol. The van der Waals surface area contributed by atoms with Gasteiger partial charge in [-0.15, -0.1) is 0 Å². The standard InChI is InChI=1S/C10H12N4/c1-7-3-4-9(13-10(7)11)8-5-12-14(2)6-8/h3-6H,1-2H3,(H2,11,13). The number of aromatic nitrogens is 3. The summed E-state index contributed by atoms with van der Waals surface area (Å²) < 4.78 is 1.74. The number of rotatable bonds is 1. The summed E-state index contributed by atoms with van der Waals surface area (Å²) in [6.45, 7) is 1.94. The van der Waals surface area contributed by atoms with Gasteiger partial charge in [0.15, 0.2) is 0 Å². The van der Waals surface area contributed by atoms with E-state index in [0.717, 1.165) is 16.8 Å². The third-order valence-electron chi connectivity index (χ3n) is 2.14. The van der Waals surface area contributed by atoms with Crippen LogP contribution in [0.15, 0.2) is 24.5 Å². The number of hydrogen-bond acceptors (Lipinski definition) is 3. The first-order valence-corrected chi connectivity index (χ1v) is 4.39. The number of nitrogens with two attached hydrogens (primary N) is 1. The zero-order valence-corrected chi connectivity index (χ0v) is 8.23. The van der Waals surface area contributed by atoms with Gasteiger partial charge in [-0.05, 0) is 18.6 Å². The first-order chi connectivity index (χ1) is 6.66. The lowest BCUT2D eigenvalue weighted by atomic mass is 10.2. The molecular weight excluding hydrogens is 176 g/mol. The molecule has 0 unspecified atom stereocenters. The van der Waals surface area contributed by atoms with Crippen molar-refractivity contribution >= 4 is 5.82 Å². The summed E-state index contributed by atoms with van der Waals surface area (Å²) in [5.74, 6) is 0.575. The largest absolute Gasteiger partial charge is 0.383 e. The Morgan fingerprint density at radius 3 is 2.71 bits per heavy atom. The van der Waals surface area contributed by atoms with E-state index >= 15 is 0 Å². The van der Waals surface area contributed by atoms with Crippen molar-refractivity contribution < 1.29 is 0 Å². The third kappa shape index (κ3) is 1.46. The van der Waals surface area contributed by atoms with Crippen LogP contribution < -0.4 is 5.73 Å². The third-order valence-corrected chi connectivity index (χ3v) is 2.14. The Morgan fingerprint density at radius 2 is 2.14 bits per heavy atom. The molecule has 2 heterocycles. The van der Waals surface area contributed by atoms with Gasteiger partial charge in [-0.1, -0.05) is 6.07 Å². The fourth-order valence-electron chi connectivity index (χ4n) is 1.26. The van der Waals surface area contributed by atoms with Gasteiger partial charge in [0.05, 0.1) is 11.9 Å². The van der Waals surface area contributed by atoms with E-state index in [-0.39, 0.29) is 0 Å². The first kappa shape index (κ1) is 8.74. The van der Waals surface area contributed by atoms with Gasteiger partial charge in [0, 0.05) is 18.8 Å². The molecule has 0 bridgehead atoms. The molecule has 2 rings (SSSR count). The van der Waals surface area contributed by atoms with Crippen molar-refractivity contribution in [3.63, 3.8) is 0 Å². The van der Waals surface area contributed by atoms with E-state index in [0.29, 0.717) is 5.82 Å². The molecule has 0 amide bonds. The summed E-state index contributed by atoms with van der Waals surface area (Å²) in [5.41, 5.74) is 8.57. The number of hydrogen-bond donors (Lipinski definition) is 1. The molecule has 2 N–H and O–H groups in total. The Kier molecular flexibility index (Phi) is 1.96. The van der Waals surface area contributed by atoms with Crippen LogP contribution in [0.4, 0.5) is 5.82 Å². The molecule has 2 aromatic rings. The summed E-state index contributed by atoms with van der Waals surface area (Å²) in [7, 11) is 1.88. The molecular formula is C10H12N4. The van der Waals surface area contributed by atoms with Crippen LogP contribution in [0.3, 0.4) is 0 Å². The van der Waals surface area contributed by atoms with Crippen LogP contribution in [-0.4, -0.2) is 14.8 Å². The minimum absolute atomic E-state index is 0.575. The summed E-state index contributed by atoms with van der Waals surface area (Å²) in [6, 6.07) is 3.91. The highest BCUT2D eigenvalue weighted by Gasteiger charge is 2.03. The minimum Gasteiger partial charge on any atom is -0.383 e. The molecule has 0 radical (unpaired) electrons. The van der Waals surface area contributed by atoms with Gasteiger partial charge in [-0.25, -0.2) is 4.98 Å². The molecule has 72 valence electrons. The van der Waals surface area contributed by atoms with Crippen LogP contribution in [0.1, 0.15) is 5.56 Å². The summed E-state index contributed by atoms with van der Waals surface area (Å²) >= 11 is 0. The second-order valence-corrected chi connectivity index (χ2v) is 3.30. The van der Waals surface area contributed by atoms with Crippen LogP contribution in [0.5, 0.6) is 0 Å². The first-order valence-electron chi connectivity index (χ1n) is 4.39. The maximum absolute atomic E-state index is 5.73.